The van der Waals surface area contributed by atoms with Crippen LogP contribution in [0.5, 0.6) is 11.5 Å². The highest BCUT2D eigenvalue weighted by atomic mass is 32.2. The third-order valence-electron chi connectivity index (χ3n) is 10.9. The highest BCUT2D eigenvalue weighted by Gasteiger charge is 2.27. The van der Waals surface area contributed by atoms with Crippen LogP contribution < -0.4 is 14.4 Å². The fourth-order valence-electron chi connectivity index (χ4n) is 7.54. The molecule has 14 heteroatoms. The van der Waals surface area contributed by atoms with Crippen molar-refractivity contribution in [1.82, 2.24) is 4.72 Å². The number of nitrogens with zero attached hydrogens (tertiary/aromatic N) is 2. The number of anilines is 1. The third-order valence-corrected chi connectivity index (χ3v) is 13.2. The van der Waals surface area contributed by atoms with Gasteiger partial charge >= 0.3 is 5.97 Å². The Kier molecular flexibility index (Phi) is 14.7. The summed E-state index contributed by atoms with van der Waals surface area (Å²) in [5.74, 6) is -2.12. The van der Waals surface area contributed by atoms with E-state index in [4.69, 9.17) is 4.74 Å². The summed E-state index contributed by atoms with van der Waals surface area (Å²) in [5.41, 5.74) is 6.08. The zero-order chi connectivity index (χ0) is 46.8. The average molecular weight is 923 g/mol. The Balaban J connectivity index is 1.19. The van der Waals surface area contributed by atoms with E-state index in [1.807, 2.05) is 85.0 Å². The van der Waals surface area contributed by atoms with Crippen molar-refractivity contribution >= 4 is 48.9 Å². The monoisotopic (exact) mass is 922 g/mol. The van der Waals surface area contributed by atoms with Crippen LogP contribution in [-0.2, 0) is 38.0 Å². The summed E-state index contributed by atoms with van der Waals surface area (Å²) in [7, 11) is -9.66. The molecule has 12 nitrogen and oxygen atoms in total. The molecule has 0 saturated carbocycles. The molecule has 0 unspecified atom stereocenters. The Morgan fingerprint density at radius 3 is 1.88 bits per heavy atom. The molecule has 1 aliphatic carbocycles. The summed E-state index contributed by atoms with van der Waals surface area (Å²) in [6.07, 6.45) is 7.59. The Hall–Kier alpha value is -7.23. The number of ether oxygens (including phenoxy) is 1. The van der Waals surface area contributed by atoms with E-state index in [9.17, 15) is 36.1 Å². The molecule has 6 aromatic rings. The fraction of sp³-hybridized carbons (Fsp3) is 0.135. The zero-order valence-electron chi connectivity index (χ0n) is 36.2. The van der Waals surface area contributed by atoms with Gasteiger partial charge in [0, 0.05) is 53.7 Å². The second-order valence-corrected chi connectivity index (χ2v) is 18.4. The number of hydrogen-bond acceptors (Lipinski definition) is 9. The summed E-state index contributed by atoms with van der Waals surface area (Å²) in [4.78, 5) is 26.6. The molecule has 0 saturated heterocycles. The van der Waals surface area contributed by atoms with E-state index < -0.39 is 54.0 Å². The van der Waals surface area contributed by atoms with Crippen molar-refractivity contribution in [3.63, 3.8) is 0 Å². The highest BCUT2D eigenvalue weighted by Crippen LogP contribution is 2.36. The van der Waals surface area contributed by atoms with E-state index in [0.717, 1.165) is 34.7 Å². The number of esters is 1. The Labute approximate surface area is 385 Å². The molecule has 6 aromatic carbocycles. The van der Waals surface area contributed by atoms with Crippen LogP contribution in [0, 0.1) is 0 Å². The van der Waals surface area contributed by atoms with Gasteiger partial charge in [-0.05, 0) is 84.7 Å². The number of allylic oxidation sites excluding steroid dienone is 5. The SMILES string of the molecule is CCN(Cc1ccccc1)c1ccc(C(=C2C=CC(=[N+](CC)Cc3ccccc3)C=C2)c2ccc(S(=O)(=O)NCC(=O)Oc3ccc(C(=O)c4ccccc4)c(O)c3)cc2S(=O)(=O)O)cc1. The average Bonchev–Trinajstić information content (AvgIpc) is 3.33. The summed E-state index contributed by atoms with van der Waals surface area (Å²) in [6, 6.07) is 42.9. The molecule has 3 N–H and O–H groups in total. The normalized spacial score (nSPS) is 12.5. The van der Waals surface area contributed by atoms with Gasteiger partial charge in [-0.1, -0.05) is 109 Å². The summed E-state index contributed by atoms with van der Waals surface area (Å²) >= 11 is 0. The molecule has 336 valence electrons. The van der Waals surface area contributed by atoms with Crippen LogP contribution in [0.2, 0.25) is 0 Å². The molecular weight excluding hydrogens is 875 g/mol. The first kappa shape index (κ1) is 46.8. The second-order valence-electron chi connectivity index (χ2n) is 15.3. The van der Waals surface area contributed by atoms with Gasteiger partial charge in [-0.2, -0.15) is 13.1 Å². The van der Waals surface area contributed by atoms with Gasteiger partial charge in [0.2, 0.25) is 10.0 Å². The van der Waals surface area contributed by atoms with E-state index in [1.165, 1.54) is 24.3 Å². The quantitative estimate of drug-likeness (QED) is 0.0266. The van der Waals surface area contributed by atoms with Crippen molar-refractivity contribution in [2.45, 2.75) is 36.7 Å². The van der Waals surface area contributed by atoms with E-state index >= 15 is 0 Å². The molecule has 0 atom stereocenters. The second kappa shape index (κ2) is 20.7. The molecule has 0 spiro atoms. The summed E-state index contributed by atoms with van der Waals surface area (Å²) in [5, 5.41) is 10.5. The van der Waals surface area contributed by atoms with Crippen LogP contribution in [0.25, 0.3) is 5.57 Å². The fourth-order valence-corrected chi connectivity index (χ4v) is 9.33. The number of benzene rings is 6. The maximum atomic E-state index is 13.6. The first-order chi connectivity index (χ1) is 31.7. The standard InChI is InChI=1S/C52H47N3O9S2/c1-3-54(35-37-14-8-5-9-15-37)42-24-20-39(21-25-42)51(40-22-26-43(27-23-40)55(4-2)36-38-16-10-6-11-17-38)47-31-29-45(33-49(47)66(61,62)63)65(59,60)53-34-50(57)64-44-28-30-46(48(56)32-44)52(58)41-18-12-7-13-19-41/h5-33,53H,3-4,34-36H2,1-2H3,(H-,56,58,61,62,63)/p+1. The van der Waals surface area contributed by atoms with Crippen LogP contribution in [0.1, 0.15) is 52.0 Å². The van der Waals surface area contributed by atoms with Crippen LogP contribution in [0.15, 0.2) is 191 Å². The lowest BCUT2D eigenvalue weighted by molar-refractivity contribution is -0.539. The lowest BCUT2D eigenvalue weighted by Gasteiger charge is -2.24. The predicted octanol–water partition coefficient (Wildman–Crippen LogP) is 8.38. The van der Waals surface area contributed by atoms with Gasteiger partial charge in [0.25, 0.3) is 10.1 Å². The Morgan fingerprint density at radius 2 is 1.29 bits per heavy atom. The summed E-state index contributed by atoms with van der Waals surface area (Å²) < 4.78 is 74.0. The number of carbonyl (C=O) groups excluding carboxylic acids is 2. The number of carbonyl (C=O) groups is 2. The van der Waals surface area contributed by atoms with Crippen LogP contribution in [0.3, 0.4) is 0 Å². The Morgan fingerprint density at radius 1 is 0.682 bits per heavy atom. The molecule has 0 aliphatic heterocycles. The molecular formula is C52H48N3O9S2+. The van der Waals surface area contributed by atoms with Gasteiger partial charge in [0.15, 0.2) is 18.0 Å². The predicted molar refractivity (Wildman–Crippen MR) is 255 cm³/mol. The first-order valence-corrected chi connectivity index (χ1v) is 24.1. The minimum absolute atomic E-state index is 0.0295. The van der Waals surface area contributed by atoms with Gasteiger partial charge in [-0.15, -0.1) is 0 Å². The molecule has 1 aliphatic rings. The molecule has 0 amide bonds. The lowest BCUT2D eigenvalue weighted by atomic mass is 9.90. The number of phenols is 1. The number of aromatic hydroxyl groups is 1. The van der Waals surface area contributed by atoms with E-state index in [0.29, 0.717) is 48.5 Å². The van der Waals surface area contributed by atoms with Crippen LogP contribution in [-0.4, -0.2) is 68.2 Å². The van der Waals surface area contributed by atoms with E-state index in [1.54, 1.807) is 30.3 Å². The van der Waals surface area contributed by atoms with Gasteiger partial charge in [-0.3, -0.25) is 14.1 Å². The molecule has 0 radical (unpaired) electrons. The van der Waals surface area contributed by atoms with Crippen molar-refractivity contribution in [2.24, 2.45) is 0 Å². The van der Waals surface area contributed by atoms with Crippen molar-refractivity contribution in [3.8, 4) is 11.5 Å². The number of phenolic OH excluding ortho intramolecular Hbond substituents is 1. The highest BCUT2D eigenvalue weighted by molar-refractivity contribution is 7.89. The maximum Gasteiger partial charge on any atom is 0.326 e. The largest absolute Gasteiger partial charge is 0.507 e. The molecule has 66 heavy (non-hydrogen) atoms. The lowest BCUT2D eigenvalue weighted by Crippen LogP contribution is -2.32. The number of sulfonamides is 1. The molecule has 7 rings (SSSR count). The van der Waals surface area contributed by atoms with Gasteiger partial charge in [0.05, 0.1) is 10.5 Å². The Bertz CT molecular complexity index is 3080. The smallest absolute Gasteiger partial charge is 0.326 e. The minimum Gasteiger partial charge on any atom is -0.507 e. The molecule has 0 aromatic heterocycles. The van der Waals surface area contributed by atoms with Crippen LogP contribution >= 0.6 is 0 Å². The zero-order valence-corrected chi connectivity index (χ0v) is 37.9. The van der Waals surface area contributed by atoms with Gasteiger partial charge in [0.1, 0.15) is 29.5 Å². The summed E-state index contributed by atoms with van der Waals surface area (Å²) in [6.45, 7) is 5.98. The van der Waals surface area contributed by atoms with Crippen LogP contribution in [0.4, 0.5) is 5.69 Å². The molecule has 0 heterocycles. The number of rotatable bonds is 17. The molecule has 0 fully saturated rings. The van der Waals surface area contributed by atoms with E-state index in [2.05, 4.69) is 52.3 Å². The van der Waals surface area contributed by atoms with Crippen molar-refractivity contribution < 1.29 is 45.4 Å². The van der Waals surface area contributed by atoms with Gasteiger partial charge in [-0.25, -0.2) is 13.0 Å². The van der Waals surface area contributed by atoms with E-state index in [-0.39, 0.29) is 16.9 Å². The van der Waals surface area contributed by atoms with Crippen molar-refractivity contribution in [2.75, 3.05) is 24.5 Å². The third kappa shape index (κ3) is 11.3. The minimum atomic E-state index is -5.07. The molecule has 0 bridgehead atoms. The maximum absolute atomic E-state index is 13.6. The van der Waals surface area contributed by atoms with Gasteiger partial charge < -0.3 is 14.7 Å². The number of ketones is 1. The first-order valence-electron chi connectivity index (χ1n) is 21.1. The number of nitrogens with one attached hydrogen (secondary N) is 1. The number of hydrogen-bond donors (Lipinski definition) is 3. The topological polar surface area (TPSA) is 170 Å². The van der Waals surface area contributed by atoms with Crippen molar-refractivity contribution in [1.29, 1.82) is 0 Å². The van der Waals surface area contributed by atoms with Crippen molar-refractivity contribution in [3.05, 3.63) is 215 Å².